The van der Waals surface area contributed by atoms with Gasteiger partial charge in [0.1, 0.15) is 18.1 Å². The summed E-state index contributed by atoms with van der Waals surface area (Å²) < 4.78 is 7.02. The predicted octanol–water partition coefficient (Wildman–Crippen LogP) is 2.07. The van der Waals surface area contributed by atoms with Crippen LogP contribution in [0.2, 0.25) is 0 Å². The van der Waals surface area contributed by atoms with Crippen LogP contribution in [0.5, 0.6) is 5.75 Å². The SMILES string of the molecule is O=C(c1ccc(=O)n(-c2ccccc2)n1)N1CCN(CCOc2ccccc2)CC1. The van der Waals surface area contributed by atoms with Gasteiger partial charge in [-0.05, 0) is 30.3 Å². The molecule has 0 N–H and O–H groups in total. The maximum Gasteiger partial charge on any atom is 0.274 e. The molecule has 0 atom stereocenters. The largest absolute Gasteiger partial charge is 0.492 e. The van der Waals surface area contributed by atoms with Crippen LogP contribution in [0.15, 0.2) is 77.6 Å². The number of nitrogens with zero attached hydrogens (tertiary/aromatic N) is 4. The van der Waals surface area contributed by atoms with Crippen LogP contribution in [0, 0.1) is 0 Å². The molecule has 2 aromatic carbocycles. The summed E-state index contributed by atoms with van der Waals surface area (Å²) in [5, 5.41) is 4.30. The van der Waals surface area contributed by atoms with Gasteiger partial charge < -0.3 is 9.64 Å². The number of rotatable bonds is 6. The topological polar surface area (TPSA) is 67.7 Å². The van der Waals surface area contributed by atoms with E-state index >= 15 is 0 Å². The van der Waals surface area contributed by atoms with Gasteiger partial charge in [0, 0.05) is 38.8 Å². The Bertz CT molecular complexity index is 1030. The first-order chi connectivity index (χ1) is 14.7. The van der Waals surface area contributed by atoms with Crippen molar-refractivity contribution < 1.29 is 9.53 Å². The summed E-state index contributed by atoms with van der Waals surface area (Å²) in [6, 6.07) is 21.8. The van der Waals surface area contributed by atoms with E-state index in [9.17, 15) is 9.59 Å². The van der Waals surface area contributed by atoms with Crippen molar-refractivity contribution in [2.24, 2.45) is 0 Å². The first-order valence-electron chi connectivity index (χ1n) is 10.1. The Morgan fingerprint density at radius 2 is 1.53 bits per heavy atom. The second-order valence-electron chi connectivity index (χ2n) is 7.10. The molecule has 0 spiro atoms. The summed E-state index contributed by atoms with van der Waals surface area (Å²) >= 11 is 0. The summed E-state index contributed by atoms with van der Waals surface area (Å²) in [6.45, 7) is 4.23. The molecule has 0 unspecified atom stereocenters. The van der Waals surface area contributed by atoms with Crippen molar-refractivity contribution >= 4 is 5.91 Å². The lowest BCUT2D eigenvalue weighted by molar-refractivity contribution is 0.0612. The smallest absolute Gasteiger partial charge is 0.274 e. The van der Waals surface area contributed by atoms with Crippen LogP contribution in [0.1, 0.15) is 10.5 Å². The molecule has 3 aromatic rings. The summed E-state index contributed by atoms with van der Waals surface area (Å²) in [5.74, 6) is 0.714. The number of hydrogen-bond acceptors (Lipinski definition) is 5. The maximum atomic E-state index is 12.9. The number of hydrogen-bond donors (Lipinski definition) is 0. The number of para-hydroxylation sites is 2. The van der Waals surface area contributed by atoms with Gasteiger partial charge in [0.25, 0.3) is 11.5 Å². The van der Waals surface area contributed by atoms with Gasteiger partial charge in [-0.3, -0.25) is 14.5 Å². The highest BCUT2D eigenvalue weighted by Crippen LogP contribution is 2.10. The fourth-order valence-electron chi connectivity index (χ4n) is 3.43. The van der Waals surface area contributed by atoms with Crippen molar-refractivity contribution in [2.45, 2.75) is 0 Å². The Kier molecular flexibility index (Phi) is 6.20. The van der Waals surface area contributed by atoms with Gasteiger partial charge in [-0.2, -0.15) is 9.78 Å². The van der Waals surface area contributed by atoms with Gasteiger partial charge in [0.2, 0.25) is 0 Å². The zero-order valence-corrected chi connectivity index (χ0v) is 16.7. The first kappa shape index (κ1) is 19.8. The molecule has 7 heteroatoms. The van der Waals surface area contributed by atoms with E-state index in [2.05, 4.69) is 10.00 Å². The third kappa shape index (κ3) is 4.75. The molecule has 0 bridgehead atoms. The summed E-state index contributed by atoms with van der Waals surface area (Å²) in [5.41, 5.74) is 0.653. The molecule has 0 aliphatic carbocycles. The van der Waals surface area contributed by atoms with Gasteiger partial charge in [-0.15, -0.1) is 0 Å². The molecule has 7 nitrogen and oxygen atoms in total. The van der Waals surface area contributed by atoms with E-state index in [-0.39, 0.29) is 17.2 Å². The molecule has 2 heterocycles. The molecule has 0 saturated carbocycles. The number of benzene rings is 2. The van der Waals surface area contributed by atoms with Crippen molar-refractivity contribution in [3.8, 4) is 11.4 Å². The van der Waals surface area contributed by atoms with Gasteiger partial charge in [0.05, 0.1) is 5.69 Å². The van der Waals surface area contributed by atoms with Crippen LogP contribution in [-0.2, 0) is 0 Å². The standard InChI is InChI=1S/C23H24N4O3/c28-22-12-11-21(24-27(22)19-7-3-1-4-8-19)23(29)26-15-13-25(14-16-26)17-18-30-20-9-5-2-6-10-20/h1-12H,13-18H2. The number of carbonyl (C=O) groups excluding carboxylic acids is 1. The molecule has 1 aliphatic rings. The van der Waals surface area contributed by atoms with Crippen molar-refractivity contribution in [1.29, 1.82) is 0 Å². The fraction of sp³-hybridized carbons (Fsp3) is 0.261. The minimum atomic E-state index is -0.263. The quantitative estimate of drug-likeness (QED) is 0.629. The van der Waals surface area contributed by atoms with E-state index in [4.69, 9.17) is 4.74 Å². The second-order valence-corrected chi connectivity index (χ2v) is 7.10. The highest BCUT2D eigenvalue weighted by molar-refractivity contribution is 5.92. The zero-order chi connectivity index (χ0) is 20.8. The zero-order valence-electron chi connectivity index (χ0n) is 16.7. The Labute approximate surface area is 175 Å². The third-order valence-corrected chi connectivity index (χ3v) is 5.10. The molecule has 1 aromatic heterocycles. The molecule has 154 valence electrons. The number of carbonyl (C=O) groups is 1. The van der Waals surface area contributed by atoms with Crippen LogP contribution in [-0.4, -0.2) is 64.8 Å². The molecule has 1 saturated heterocycles. The number of piperazine rings is 1. The van der Waals surface area contributed by atoms with Crippen LogP contribution >= 0.6 is 0 Å². The lowest BCUT2D eigenvalue weighted by Crippen LogP contribution is -2.49. The maximum absolute atomic E-state index is 12.9. The van der Waals surface area contributed by atoms with E-state index < -0.39 is 0 Å². The minimum absolute atomic E-state index is 0.153. The molecular formula is C23H24N4O3. The van der Waals surface area contributed by atoms with E-state index in [0.29, 0.717) is 25.4 Å². The van der Waals surface area contributed by atoms with Crippen molar-refractivity contribution in [3.05, 3.63) is 88.8 Å². The molecule has 30 heavy (non-hydrogen) atoms. The highest BCUT2D eigenvalue weighted by Gasteiger charge is 2.23. The van der Waals surface area contributed by atoms with Gasteiger partial charge >= 0.3 is 0 Å². The van der Waals surface area contributed by atoms with Gasteiger partial charge in [-0.25, -0.2) is 0 Å². The van der Waals surface area contributed by atoms with Gasteiger partial charge in [-0.1, -0.05) is 36.4 Å². The minimum Gasteiger partial charge on any atom is -0.492 e. The summed E-state index contributed by atoms with van der Waals surface area (Å²) in [6.07, 6.45) is 0. The van der Waals surface area contributed by atoms with E-state index in [1.165, 1.54) is 16.8 Å². The Morgan fingerprint density at radius 1 is 0.867 bits per heavy atom. The lowest BCUT2D eigenvalue weighted by atomic mass is 10.2. The van der Waals surface area contributed by atoms with Crippen molar-refractivity contribution in [1.82, 2.24) is 19.6 Å². The number of aromatic nitrogens is 2. The Balaban J connectivity index is 1.33. The van der Waals surface area contributed by atoms with Crippen molar-refractivity contribution in [3.63, 3.8) is 0 Å². The molecule has 1 fully saturated rings. The van der Waals surface area contributed by atoms with E-state index in [0.717, 1.165) is 25.4 Å². The summed E-state index contributed by atoms with van der Waals surface area (Å²) in [7, 11) is 0. The summed E-state index contributed by atoms with van der Waals surface area (Å²) in [4.78, 5) is 29.1. The van der Waals surface area contributed by atoms with Crippen LogP contribution < -0.4 is 10.3 Å². The third-order valence-electron chi connectivity index (χ3n) is 5.10. The van der Waals surface area contributed by atoms with E-state index in [1.807, 2.05) is 48.5 Å². The number of amides is 1. The van der Waals surface area contributed by atoms with Crippen molar-refractivity contribution in [2.75, 3.05) is 39.3 Å². The predicted molar refractivity (Wildman–Crippen MR) is 114 cm³/mol. The van der Waals surface area contributed by atoms with Crippen LogP contribution in [0.4, 0.5) is 0 Å². The highest BCUT2D eigenvalue weighted by atomic mass is 16.5. The first-order valence-corrected chi connectivity index (χ1v) is 10.1. The number of ether oxygens (including phenoxy) is 1. The lowest BCUT2D eigenvalue weighted by Gasteiger charge is -2.34. The molecule has 1 aliphatic heterocycles. The normalized spacial score (nSPS) is 14.5. The second kappa shape index (κ2) is 9.37. The molecule has 1 amide bonds. The monoisotopic (exact) mass is 404 g/mol. The van der Waals surface area contributed by atoms with Crippen LogP contribution in [0.3, 0.4) is 0 Å². The fourth-order valence-corrected chi connectivity index (χ4v) is 3.43. The molecule has 4 rings (SSSR count). The average Bonchev–Trinajstić information content (AvgIpc) is 2.81. The van der Waals surface area contributed by atoms with Crippen LogP contribution in [0.25, 0.3) is 5.69 Å². The van der Waals surface area contributed by atoms with E-state index in [1.54, 1.807) is 17.0 Å². The molecular weight excluding hydrogens is 380 g/mol. The Morgan fingerprint density at radius 3 is 2.23 bits per heavy atom. The average molecular weight is 404 g/mol. The molecule has 0 radical (unpaired) electrons. The Hall–Kier alpha value is -3.45. The van der Waals surface area contributed by atoms with Gasteiger partial charge in [0.15, 0.2) is 0 Å².